The van der Waals surface area contributed by atoms with Crippen LogP contribution in [0.2, 0.25) is 0 Å². The van der Waals surface area contributed by atoms with Crippen molar-refractivity contribution < 1.29 is 19.1 Å². The maximum atomic E-state index is 12.1. The Morgan fingerprint density at radius 1 is 0.923 bits per heavy atom. The van der Waals surface area contributed by atoms with E-state index in [2.05, 4.69) is 27.7 Å². The van der Waals surface area contributed by atoms with Crippen LogP contribution in [0.3, 0.4) is 0 Å². The summed E-state index contributed by atoms with van der Waals surface area (Å²) in [5, 5.41) is 0. The zero-order valence-corrected chi connectivity index (χ0v) is 17.4. The van der Waals surface area contributed by atoms with Gasteiger partial charge in [-0.15, -0.1) is 0 Å². The highest BCUT2D eigenvalue weighted by atomic mass is 16.6. The maximum absolute atomic E-state index is 12.1. The number of hydrogen-bond acceptors (Lipinski definition) is 4. The van der Waals surface area contributed by atoms with Crippen LogP contribution in [-0.2, 0) is 19.1 Å². The Bertz CT molecular complexity index is 405. The van der Waals surface area contributed by atoms with Crippen molar-refractivity contribution in [2.45, 2.75) is 104 Å². The van der Waals surface area contributed by atoms with Crippen LogP contribution in [0, 0.1) is 17.8 Å². The van der Waals surface area contributed by atoms with Crippen LogP contribution in [0.25, 0.3) is 0 Å². The normalized spacial score (nSPS) is 23.0. The molecule has 0 radical (unpaired) electrons. The molecule has 0 saturated heterocycles. The van der Waals surface area contributed by atoms with E-state index in [-0.39, 0.29) is 6.10 Å². The van der Waals surface area contributed by atoms with Crippen molar-refractivity contribution in [3.63, 3.8) is 0 Å². The summed E-state index contributed by atoms with van der Waals surface area (Å²) in [6.07, 6.45) is 12.4. The molecule has 26 heavy (non-hydrogen) atoms. The van der Waals surface area contributed by atoms with Crippen molar-refractivity contribution in [3.05, 3.63) is 0 Å². The highest BCUT2D eigenvalue weighted by Gasteiger charge is 2.35. The molecule has 0 aromatic rings. The zero-order valence-electron chi connectivity index (χ0n) is 17.4. The molecule has 0 heterocycles. The van der Waals surface area contributed by atoms with E-state index in [1.54, 1.807) is 0 Å². The second kappa shape index (κ2) is 13.2. The Kier molecular flexibility index (Phi) is 11.6. The lowest BCUT2D eigenvalue weighted by atomic mass is 9.75. The molecule has 0 bridgehead atoms. The van der Waals surface area contributed by atoms with E-state index < -0.39 is 11.9 Å². The van der Waals surface area contributed by atoms with Crippen molar-refractivity contribution in [1.82, 2.24) is 0 Å². The van der Waals surface area contributed by atoms with Crippen molar-refractivity contribution in [1.29, 1.82) is 0 Å². The van der Waals surface area contributed by atoms with E-state index in [9.17, 15) is 9.59 Å². The first-order valence-electron chi connectivity index (χ1n) is 10.8. The third-order valence-corrected chi connectivity index (χ3v) is 5.62. The quantitative estimate of drug-likeness (QED) is 0.268. The largest absolute Gasteiger partial charge is 0.457 e. The summed E-state index contributed by atoms with van der Waals surface area (Å²) in [6, 6.07) is 0. The monoisotopic (exact) mass is 368 g/mol. The number of esters is 2. The first-order chi connectivity index (χ1) is 12.5. The summed E-state index contributed by atoms with van der Waals surface area (Å²) in [5.41, 5.74) is 0. The van der Waals surface area contributed by atoms with E-state index in [0.29, 0.717) is 24.4 Å². The molecule has 0 aliphatic heterocycles. The van der Waals surface area contributed by atoms with E-state index >= 15 is 0 Å². The minimum atomic E-state index is -0.825. The van der Waals surface area contributed by atoms with Gasteiger partial charge in [0.25, 0.3) is 0 Å². The Morgan fingerprint density at radius 2 is 1.54 bits per heavy atom. The third kappa shape index (κ3) is 9.05. The molecule has 1 rings (SSSR count). The summed E-state index contributed by atoms with van der Waals surface area (Å²) < 4.78 is 10.6. The number of rotatable bonds is 11. The Morgan fingerprint density at radius 3 is 2.15 bits per heavy atom. The lowest BCUT2D eigenvalue weighted by Crippen LogP contribution is -2.37. The first kappa shape index (κ1) is 23.0. The molecule has 1 saturated carbocycles. The van der Waals surface area contributed by atoms with Gasteiger partial charge < -0.3 is 9.47 Å². The number of unbranched alkanes of at least 4 members (excludes halogenated alkanes) is 7. The zero-order chi connectivity index (χ0) is 19.4. The molecule has 0 aromatic carbocycles. The fourth-order valence-corrected chi connectivity index (χ4v) is 3.90. The van der Waals surface area contributed by atoms with Gasteiger partial charge >= 0.3 is 11.9 Å². The average molecular weight is 369 g/mol. The van der Waals surface area contributed by atoms with Crippen molar-refractivity contribution in [3.8, 4) is 0 Å². The van der Waals surface area contributed by atoms with E-state index in [4.69, 9.17) is 9.47 Å². The number of hydrogen-bond donors (Lipinski definition) is 0. The molecule has 1 aliphatic carbocycles. The average Bonchev–Trinajstić information content (AvgIpc) is 2.59. The lowest BCUT2D eigenvalue weighted by Gasteiger charge is -2.36. The predicted octanol–water partition coefficient (Wildman–Crippen LogP) is 5.67. The lowest BCUT2D eigenvalue weighted by molar-refractivity contribution is -0.175. The molecule has 0 aromatic heterocycles. The molecule has 0 amide bonds. The van der Waals surface area contributed by atoms with Gasteiger partial charge in [0.05, 0.1) is 6.61 Å². The van der Waals surface area contributed by atoms with Gasteiger partial charge in [0.1, 0.15) is 6.10 Å². The summed E-state index contributed by atoms with van der Waals surface area (Å²) in [7, 11) is 0. The van der Waals surface area contributed by atoms with E-state index in [1.807, 2.05) is 0 Å². The summed E-state index contributed by atoms with van der Waals surface area (Å²) in [4.78, 5) is 23.9. The third-order valence-electron chi connectivity index (χ3n) is 5.62. The minimum Gasteiger partial charge on any atom is -0.457 e. The van der Waals surface area contributed by atoms with Gasteiger partial charge in [-0.3, -0.25) is 0 Å². The standard InChI is InChI=1S/C22H40O4/c1-5-6-7-8-9-10-11-12-15-25-21(23)22(24)26-20-16-18(4)13-14-19(20)17(2)3/h17-20H,5-16H2,1-4H3. The Balaban J connectivity index is 2.18. The van der Waals surface area contributed by atoms with Gasteiger partial charge in [-0.2, -0.15) is 0 Å². The Hall–Kier alpha value is -1.06. The van der Waals surface area contributed by atoms with Gasteiger partial charge in [0.2, 0.25) is 0 Å². The van der Waals surface area contributed by atoms with E-state index in [1.165, 1.54) is 44.9 Å². The first-order valence-corrected chi connectivity index (χ1v) is 10.8. The predicted molar refractivity (Wildman–Crippen MR) is 105 cm³/mol. The molecular weight excluding hydrogens is 328 g/mol. The van der Waals surface area contributed by atoms with Crippen LogP contribution in [0.4, 0.5) is 0 Å². The van der Waals surface area contributed by atoms with Crippen LogP contribution < -0.4 is 0 Å². The molecule has 4 nitrogen and oxygen atoms in total. The van der Waals surface area contributed by atoms with Crippen molar-refractivity contribution in [2.75, 3.05) is 6.61 Å². The fourth-order valence-electron chi connectivity index (χ4n) is 3.90. The molecule has 1 fully saturated rings. The summed E-state index contributed by atoms with van der Waals surface area (Å²) >= 11 is 0. The van der Waals surface area contributed by atoms with Gasteiger partial charge in [-0.1, -0.05) is 79.1 Å². The van der Waals surface area contributed by atoms with Crippen LogP contribution in [-0.4, -0.2) is 24.6 Å². The van der Waals surface area contributed by atoms with E-state index in [0.717, 1.165) is 25.7 Å². The van der Waals surface area contributed by atoms with Crippen molar-refractivity contribution in [2.24, 2.45) is 17.8 Å². The molecular formula is C22H40O4. The molecule has 1 aliphatic rings. The second-order valence-corrected chi connectivity index (χ2v) is 8.38. The van der Waals surface area contributed by atoms with Gasteiger partial charge in [0, 0.05) is 0 Å². The van der Waals surface area contributed by atoms with Crippen LogP contribution in [0.5, 0.6) is 0 Å². The summed E-state index contributed by atoms with van der Waals surface area (Å²) in [6.45, 7) is 9.02. The fraction of sp³-hybridized carbons (Fsp3) is 0.909. The molecule has 4 heteroatoms. The summed E-state index contributed by atoms with van der Waals surface area (Å²) in [5.74, 6) is -0.302. The van der Waals surface area contributed by atoms with Crippen LogP contribution in [0.15, 0.2) is 0 Å². The molecule has 3 atom stereocenters. The topological polar surface area (TPSA) is 52.6 Å². The van der Waals surface area contributed by atoms with Crippen LogP contribution >= 0.6 is 0 Å². The van der Waals surface area contributed by atoms with Gasteiger partial charge in [0.15, 0.2) is 0 Å². The van der Waals surface area contributed by atoms with Gasteiger partial charge in [-0.25, -0.2) is 9.59 Å². The minimum absolute atomic E-state index is 0.151. The molecule has 0 spiro atoms. The van der Waals surface area contributed by atoms with Crippen LogP contribution in [0.1, 0.15) is 98.3 Å². The number of carbonyl (C=O) groups is 2. The highest BCUT2D eigenvalue weighted by Crippen LogP contribution is 2.35. The SMILES string of the molecule is CCCCCCCCCCOC(=O)C(=O)OC1CC(C)CCC1C(C)C. The van der Waals surface area contributed by atoms with Crippen molar-refractivity contribution >= 4 is 11.9 Å². The Labute approximate surface area is 160 Å². The molecule has 152 valence electrons. The smallest absolute Gasteiger partial charge is 0.417 e. The molecule has 0 N–H and O–H groups in total. The molecule has 3 unspecified atom stereocenters. The maximum Gasteiger partial charge on any atom is 0.417 e. The highest BCUT2D eigenvalue weighted by molar-refractivity contribution is 6.29. The second-order valence-electron chi connectivity index (χ2n) is 8.38. The number of carbonyl (C=O) groups excluding carboxylic acids is 2. The number of ether oxygens (including phenoxy) is 2. The van der Waals surface area contributed by atoms with Gasteiger partial charge in [-0.05, 0) is 37.0 Å².